The van der Waals surface area contributed by atoms with Crippen LogP contribution in [0.5, 0.6) is 0 Å². The first-order valence-corrected chi connectivity index (χ1v) is 11.1. The predicted molar refractivity (Wildman–Crippen MR) is 121 cm³/mol. The molecule has 1 unspecified atom stereocenters. The number of unbranched alkanes of at least 4 members (excludes halogenated alkanes) is 3. The van der Waals surface area contributed by atoms with Gasteiger partial charge in [-0.1, -0.05) is 45.6 Å². The summed E-state index contributed by atoms with van der Waals surface area (Å²) in [5.41, 5.74) is 10.00. The molecule has 2 rings (SSSR count). The first kappa shape index (κ1) is 27.6. The Kier molecular flexibility index (Phi) is 11.3. The van der Waals surface area contributed by atoms with Crippen molar-refractivity contribution in [3.05, 3.63) is 23.3 Å². The van der Waals surface area contributed by atoms with Gasteiger partial charge < -0.3 is 21.1 Å². The zero-order chi connectivity index (χ0) is 24.3. The van der Waals surface area contributed by atoms with Crippen LogP contribution in [0, 0.1) is 11.3 Å². The lowest BCUT2D eigenvalue weighted by Gasteiger charge is -2.31. The van der Waals surface area contributed by atoms with E-state index in [0.717, 1.165) is 43.7 Å². The summed E-state index contributed by atoms with van der Waals surface area (Å²) < 4.78 is 31.7. The lowest BCUT2D eigenvalue weighted by atomic mass is 9.91. The van der Waals surface area contributed by atoms with Crippen LogP contribution in [0.4, 0.5) is 24.5 Å². The number of nitriles is 1. The second kappa shape index (κ2) is 13.2. The molecule has 0 spiro atoms. The second-order valence-corrected chi connectivity index (χ2v) is 8.38. The van der Waals surface area contributed by atoms with Gasteiger partial charge in [0.1, 0.15) is 6.07 Å². The third-order valence-electron chi connectivity index (χ3n) is 5.73. The number of halogens is 3. The first-order chi connectivity index (χ1) is 15.0. The Morgan fingerprint density at radius 1 is 1.31 bits per heavy atom. The number of piperidine rings is 1. The third-order valence-corrected chi connectivity index (χ3v) is 5.73. The molecule has 1 saturated heterocycles. The Labute approximate surface area is 188 Å². The van der Waals surface area contributed by atoms with Crippen LogP contribution in [0.3, 0.4) is 0 Å². The number of alkyl halides is 3. The number of carbonyl (C=O) groups is 1. The van der Waals surface area contributed by atoms with Crippen LogP contribution in [-0.2, 0) is 4.79 Å². The summed E-state index contributed by atoms with van der Waals surface area (Å²) in [5.74, 6) is -2.32. The van der Waals surface area contributed by atoms with Gasteiger partial charge in [0.2, 0.25) is 0 Å². The number of hydrogen-bond donors (Lipinski definition) is 3. The predicted octanol–water partition coefficient (Wildman–Crippen LogP) is 5.35. The van der Waals surface area contributed by atoms with Gasteiger partial charge >= 0.3 is 12.1 Å². The number of nitrogens with two attached hydrogens (primary N) is 1. The van der Waals surface area contributed by atoms with E-state index in [0.29, 0.717) is 17.5 Å². The highest BCUT2D eigenvalue weighted by Crippen LogP contribution is 2.35. The van der Waals surface area contributed by atoms with E-state index in [1.165, 1.54) is 31.2 Å². The van der Waals surface area contributed by atoms with Gasteiger partial charge in [0.25, 0.3) is 0 Å². The van der Waals surface area contributed by atoms with Crippen molar-refractivity contribution in [1.29, 1.82) is 5.26 Å². The number of anilines is 2. The number of nitrogen functional groups attached to an aromatic ring is 1. The van der Waals surface area contributed by atoms with E-state index in [2.05, 4.69) is 43.2 Å². The molecule has 4 N–H and O–H groups in total. The molecule has 1 aromatic rings. The summed E-state index contributed by atoms with van der Waals surface area (Å²) in [7, 11) is 2.16. The highest BCUT2D eigenvalue weighted by atomic mass is 19.4. The number of aliphatic carboxylic acids is 1. The molecule has 180 valence electrons. The number of nitrogens with one attached hydrogen (secondary N) is 1. The van der Waals surface area contributed by atoms with Gasteiger partial charge in [0.15, 0.2) is 0 Å². The molecule has 1 aromatic carbocycles. The van der Waals surface area contributed by atoms with Crippen LogP contribution in [0.25, 0.3) is 0 Å². The van der Waals surface area contributed by atoms with Gasteiger partial charge in [-0.2, -0.15) is 18.4 Å². The molecule has 0 aliphatic carbocycles. The Bertz CT molecular complexity index is 770. The highest BCUT2D eigenvalue weighted by molar-refractivity contribution is 5.77. The van der Waals surface area contributed by atoms with Crippen LogP contribution >= 0.6 is 0 Å². The van der Waals surface area contributed by atoms with Crippen molar-refractivity contribution in [1.82, 2.24) is 4.90 Å². The van der Waals surface area contributed by atoms with Crippen LogP contribution in [0.15, 0.2) is 12.1 Å². The summed E-state index contributed by atoms with van der Waals surface area (Å²) in [4.78, 5) is 11.2. The number of hydrogen-bond acceptors (Lipinski definition) is 5. The fraction of sp³-hybridized carbons (Fsp3) is 0.652. The van der Waals surface area contributed by atoms with Crippen molar-refractivity contribution in [2.45, 2.75) is 76.9 Å². The van der Waals surface area contributed by atoms with Gasteiger partial charge in [-0.25, -0.2) is 4.79 Å². The van der Waals surface area contributed by atoms with E-state index in [9.17, 15) is 18.4 Å². The quantitative estimate of drug-likeness (QED) is 0.360. The lowest BCUT2D eigenvalue weighted by Crippen LogP contribution is -2.37. The van der Waals surface area contributed by atoms with E-state index in [1.807, 2.05) is 6.07 Å². The molecular weight excluding hydrogens is 421 g/mol. The topological polar surface area (TPSA) is 102 Å². The maximum atomic E-state index is 10.6. The molecule has 9 heteroatoms. The molecule has 6 nitrogen and oxygen atoms in total. The zero-order valence-corrected chi connectivity index (χ0v) is 19.1. The van der Waals surface area contributed by atoms with E-state index in [4.69, 9.17) is 15.6 Å². The Hall–Kier alpha value is -2.47. The molecule has 0 amide bonds. The van der Waals surface area contributed by atoms with Crippen molar-refractivity contribution >= 4 is 17.3 Å². The molecule has 0 bridgehead atoms. The van der Waals surface area contributed by atoms with Crippen LogP contribution in [0.2, 0.25) is 0 Å². The number of rotatable bonds is 8. The fourth-order valence-electron chi connectivity index (χ4n) is 3.70. The summed E-state index contributed by atoms with van der Waals surface area (Å²) in [6, 6.07) is 6.70. The SMILES string of the molecule is CCCCCCC(C)c1ccc(C#N)c(NC2CCN(C)CC2)c1N.O=C(O)C(F)(F)F. The maximum absolute atomic E-state index is 10.6. The molecule has 0 radical (unpaired) electrons. The molecule has 1 aliphatic rings. The van der Waals surface area contributed by atoms with Crippen LogP contribution in [0.1, 0.15) is 75.8 Å². The maximum Gasteiger partial charge on any atom is 0.490 e. The molecule has 0 saturated carbocycles. The Morgan fingerprint density at radius 2 is 1.91 bits per heavy atom. The average molecular weight is 457 g/mol. The molecule has 1 heterocycles. The zero-order valence-electron chi connectivity index (χ0n) is 19.1. The number of carboxylic acids is 1. The van der Waals surface area contributed by atoms with Crippen LogP contribution < -0.4 is 11.1 Å². The van der Waals surface area contributed by atoms with Crippen LogP contribution in [-0.4, -0.2) is 48.3 Å². The van der Waals surface area contributed by atoms with Crippen molar-refractivity contribution in [2.75, 3.05) is 31.2 Å². The molecule has 0 aromatic heterocycles. The molecule has 1 atom stereocenters. The van der Waals surface area contributed by atoms with Crippen molar-refractivity contribution in [3.63, 3.8) is 0 Å². The number of likely N-dealkylation sites (tertiary alicyclic amines) is 1. The number of carboxylic acid groups (broad SMARTS) is 1. The normalized spacial score (nSPS) is 15.9. The van der Waals surface area contributed by atoms with Crippen molar-refractivity contribution in [3.8, 4) is 6.07 Å². The van der Waals surface area contributed by atoms with Crippen molar-refractivity contribution in [2.24, 2.45) is 0 Å². The number of nitrogens with zero attached hydrogens (tertiary/aromatic N) is 2. The summed E-state index contributed by atoms with van der Waals surface area (Å²) in [6.45, 7) is 6.67. The molecule has 1 aliphatic heterocycles. The molecule has 32 heavy (non-hydrogen) atoms. The monoisotopic (exact) mass is 456 g/mol. The van der Waals surface area contributed by atoms with Gasteiger partial charge in [0.05, 0.1) is 16.9 Å². The van der Waals surface area contributed by atoms with E-state index in [-0.39, 0.29) is 0 Å². The minimum atomic E-state index is -5.08. The van der Waals surface area contributed by atoms with E-state index < -0.39 is 12.1 Å². The van der Waals surface area contributed by atoms with Gasteiger partial charge in [0, 0.05) is 6.04 Å². The average Bonchev–Trinajstić information content (AvgIpc) is 2.73. The number of benzene rings is 1. The lowest BCUT2D eigenvalue weighted by molar-refractivity contribution is -0.192. The smallest absolute Gasteiger partial charge is 0.475 e. The van der Waals surface area contributed by atoms with Gasteiger partial charge in [-0.15, -0.1) is 0 Å². The van der Waals surface area contributed by atoms with Gasteiger partial charge in [-0.3, -0.25) is 0 Å². The first-order valence-electron chi connectivity index (χ1n) is 11.1. The third kappa shape index (κ3) is 8.95. The summed E-state index contributed by atoms with van der Waals surface area (Å²) in [5, 5.41) is 20.2. The van der Waals surface area contributed by atoms with E-state index in [1.54, 1.807) is 0 Å². The largest absolute Gasteiger partial charge is 0.490 e. The highest BCUT2D eigenvalue weighted by Gasteiger charge is 2.38. The van der Waals surface area contributed by atoms with Gasteiger partial charge in [-0.05, 0) is 56.9 Å². The minimum absolute atomic E-state index is 0.403. The summed E-state index contributed by atoms with van der Waals surface area (Å²) >= 11 is 0. The molecule has 1 fully saturated rings. The second-order valence-electron chi connectivity index (χ2n) is 8.38. The van der Waals surface area contributed by atoms with Crippen molar-refractivity contribution < 1.29 is 23.1 Å². The minimum Gasteiger partial charge on any atom is -0.475 e. The standard InChI is InChI=1S/C21H34N4.C2HF3O2/c1-4-5-6-7-8-16(2)19-10-9-17(15-22)21(20(19)23)24-18-11-13-25(3)14-12-18;3-2(4,5)1(6)7/h9-10,16,18,24H,4-8,11-14,23H2,1-3H3;(H,6,7). The fourth-order valence-corrected chi connectivity index (χ4v) is 3.70. The van der Waals surface area contributed by atoms with E-state index >= 15 is 0 Å². The summed E-state index contributed by atoms with van der Waals surface area (Å²) in [6.07, 6.45) is 3.36. The molecular formula is C23H35F3N4O2. The Balaban J connectivity index is 0.000000633. The Morgan fingerprint density at radius 3 is 2.41 bits per heavy atom.